The van der Waals surface area contributed by atoms with Gasteiger partial charge in [0.05, 0.1) is 11.1 Å². The number of thioether (sulfide) groups is 1. The third-order valence-corrected chi connectivity index (χ3v) is 5.48. The Hall–Kier alpha value is -2.79. The first kappa shape index (κ1) is 18.0. The van der Waals surface area contributed by atoms with E-state index in [1.807, 2.05) is 25.1 Å². The minimum atomic E-state index is -1.00. The van der Waals surface area contributed by atoms with Crippen LogP contribution in [0.3, 0.4) is 0 Å². The van der Waals surface area contributed by atoms with E-state index < -0.39 is 11.9 Å². The normalized spacial score (nSPS) is 15.8. The molecule has 0 spiro atoms. The second-order valence-electron chi connectivity index (χ2n) is 6.06. The second kappa shape index (κ2) is 7.62. The molecule has 2 N–H and O–H groups in total. The Balaban J connectivity index is 2.11. The summed E-state index contributed by atoms with van der Waals surface area (Å²) in [5.74, 6) is -2.01. The first-order chi connectivity index (χ1) is 12.5. The predicted molar refractivity (Wildman–Crippen MR) is 103 cm³/mol. The largest absolute Gasteiger partial charge is 0.478 e. The molecular weight excluding hydrogens is 348 g/mol. The Kier molecular flexibility index (Phi) is 5.28. The van der Waals surface area contributed by atoms with Crippen LogP contribution in [0.1, 0.15) is 32.7 Å². The van der Waals surface area contributed by atoms with Crippen LogP contribution in [0.2, 0.25) is 0 Å². The van der Waals surface area contributed by atoms with E-state index in [4.69, 9.17) is 0 Å². The molecule has 0 aliphatic heterocycles. The van der Waals surface area contributed by atoms with Gasteiger partial charge in [-0.05, 0) is 60.4 Å². The fourth-order valence-corrected chi connectivity index (χ4v) is 3.98. The summed E-state index contributed by atoms with van der Waals surface area (Å²) in [5.41, 5.74) is 2.76. The number of allylic oxidation sites excluding steroid dienone is 3. The maximum Gasteiger partial charge on any atom is 0.335 e. The van der Waals surface area contributed by atoms with Gasteiger partial charge in [0.1, 0.15) is 0 Å². The van der Waals surface area contributed by atoms with Gasteiger partial charge in [-0.3, -0.25) is 0 Å². The van der Waals surface area contributed by atoms with Crippen LogP contribution in [0.15, 0.2) is 65.6 Å². The molecule has 2 aromatic carbocycles. The van der Waals surface area contributed by atoms with Gasteiger partial charge >= 0.3 is 11.9 Å². The highest BCUT2D eigenvalue weighted by atomic mass is 32.2. The molecule has 0 amide bonds. The first-order valence-corrected chi connectivity index (χ1v) is 9.05. The summed E-state index contributed by atoms with van der Waals surface area (Å²) in [4.78, 5) is 23.7. The lowest BCUT2D eigenvalue weighted by atomic mass is 9.96. The molecular formula is C21H18O4S. The summed E-state index contributed by atoms with van der Waals surface area (Å²) in [6, 6.07) is 9.95. The van der Waals surface area contributed by atoms with E-state index in [1.165, 1.54) is 0 Å². The third kappa shape index (κ3) is 3.89. The first-order valence-electron chi connectivity index (χ1n) is 8.17. The maximum absolute atomic E-state index is 11.4. The summed E-state index contributed by atoms with van der Waals surface area (Å²) >= 11 is 1.65. The summed E-state index contributed by atoms with van der Waals surface area (Å²) in [6.45, 7) is 1.89. The average molecular weight is 366 g/mol. The zero-order valence-corrected chi connectivity index (χ0v) is 15.0. The van der Waals surface area contributed by atoms with Crippen LogP contribution in [0.5, 0.6) is 0 Å². The summed E-state index contributed by atoms with van der Waals surface area (Å²) in [6.07, 6.45) is 9.11. The van der Waals surface area contributed by atoms with Gasteiger partial charge in [-0.1, -0.05) is 30.4 Å². The monoisotopic (exact) mass is 366 g/mol. The summed E-state index contributed by atoms with van der Waals surface area (Å²) < 4.78 is 0. The maximum atomic E-state index is 11.4. The number of rotatable bonds is 5. The van der Waals surface area contributed by atoms with Crippen LogP contribution in [0, 0.1) is 6.92 Å². The molecule has 1 unspecified atom stereocenters. The molecule has 0 bridgehead atoms. The van der Waals surface area contributed by atoms with Crippen molar-refractivity contribution in [1.29, 1.82) is 0 Å². The van der Waals surface area contributed by atoms with Gasteiger partial charge in [-0.2, -0.15) is 0 Å². The molecule has 1 aliphatic carbocycles. The van der Waals surface area contributed by atoms with Gasteiger partial charge in [-0.25, -0.2) is 9.59 Å². The lowest BCUT2D eigenvalue weighted by molar-refractivity contribution is 0.0686. The Morgan fingerprint density at radius 1 is 0.962 bits per heavy atom. The lowest BCUT2D eigenvalue weighted by Gasteiger charge is -2.18. The van der Waals surface area contributed by atoms with E-state index in [9.17, 15) is 19.8 Å². The molecule has 0 heterocycles. The van der Waals surface area contributed by atoms with Crippen LogP contribution in [0.4, 0.5) is 0 Å². The Bertz CT molecular complexity index is 928. The van der Waals surface area contributed by atoms with Crippen LogP contribution in [-0.2, 0) is 0 Å². The van der Waals surface area contributed by atoms with E-state index in [-0.39, 0.29) is 16.4 Å². The molecule has 132 valence electrons. The van der Waals surface area contributed by atoms with E-state index >= 15 is 0 Å². The van der Waals surface area contributed by atoms with Crippen molar-refractivity contribution in [2.24, 2.45) is 0 Å². The fraction of sp³-hybridized carbons (Fsp3) is 0.143. The molecule has 0 aromatic heterocycles. The number of hydrogen-bond acceptors (Lipinski definition) is 3. The van der Waals surface area contributed by atoms with Crippen molar-refractivity contribution in [3.63, 3.8) is 0 Å². The lowest BCUT2D eigenvalue weighted by Crippen LogP contribution is -2.03. The Labute approximate surface area is 155 Å². The molecule has 4 nitrogen and oxygen atoms in total. The molecule has 26 heavy (non-hydrogen) atoms. The van der Waals surface area contributed by atoms with Crippen LogP contribution < -0.4 is 0 Å². The highest BCUT2D eigenvalue weighted by molar-refractivity contribution is 8.00. The van der Waals surface area contributed by atoms with Gasteiger partial charge in [0, 0.05) is 10.1 Å². The van der Waals surface area contributed by atoms with Gasteiger partial charge in [0.15, 0.2) is 0 Å². The Morgan fingerprint density at radius 3 is 2.23 bits per heavy atom. The second-order valence-corrected chi connectivity index (χ2v) is 7.34. The van der Waals surface area contributed by atoms with Gasteiger partial charge in [0.25, 0.3) is 0 Å². The standard InChI is InChI=1S/C21H18O4S/c1-13-7-8-14(20(22)23)11-17(13)18-12-15(21(24)25)9-10-19(18)26-16-5-3-2-4-6-16/h2-5,7-12,16H,6H2,1H3,(H,22,23)(H,24,25). The molecule has 0 saturated carbocycles. The third-order valence-electron chi connectivity index (χ3n) is 4.22. The predicted octanol–water partition coefficient (Wildman–Crippen LogP) is 5.04. The smallest absolute Gasteiger partial charge is 0.335 e. The fourth-order valence-electron chi connectivity index (χ4n) is 2.83. The zero-order valence-electron chi connectivity index (χ0n) is 14.2. The minimum absolute atomic E-state index is 0.183. The average Bonchev–Trinajstić information content (AvgIpc) is 2.63. The Morgan fingerprint density at radius 2 is 1.62 bits per heavy atom. The molecule has 2 aromatic rings. The highest BCUT2D eigenvalue weighted by Gasteiger charge is 2.17. The van der Waals surface area contributed by atoms with Crippen molar-refractivity contribution in [2.75, 3.05) is 0 Å². The number of carboxylic acid groups (broad SMARTS) is 2. The molecule has 1 atom stereocenters. The van der Waals surface area contributed by atoms with Crippen molar-refractivity contribution in [1.82, 2.24) is 0 Å². The van der Waals surface area contributed by atoms with E-state index in [2.05, 4.69) is 12.2 Å². The zero-order chi connectivity index (χ0) is 18.7. The minimum Gasteiger partial charge on any atom is -0.478 e. The molecule has 1 aliphatic rings. The van der Waals surface area contributed by atoms with Crippen molar-refractivity contribution in [2.45, 2.75) is 23.5 Å². The van der Waals surface area contributed by atoms with Crippen molar-refractivity contribution < 1.29 is 19.8 Å². The topological polar surface area (TPSA) is 74.6 Å². The summed E-state index contributed by atoms with van der Waals surface area (Å²) in [7, 11) is 0. The molecule has 0 saturated heterocycles. The highest BCUT2D eigenvalue weighted by Crippen LogP contribution is 2.38. The number of aromatic carboxylic acids is 2. The van der Waals surface area contributed by atoms with Crippen LogP contribution >= 0.6 is 11.8 Å². The van der Waals surface area contributed by atoms with E-state index in [0.29, 0.717) is 0 Å². The van der Waals surface area contributed by atoms with Crippen molar-refractivity contribution in [3.8, 4) is 11.1 Å². The SMILES string of the molecule is Cc1ccc(C(=O)O)cc1-c1cc(C(=O)O)ccc1SC1C=CC=CC1. The van der Waals surface area contributed by atoms with Crippen molar-refractivity contribution >= 4 is 23.7 Å². The van der Waals surface area contributed by atoms with Crippen LogP contribution in [0.25, 0.3) is 11.1 Å². The van der Waals surface area contributed by atoms with E-state index in [1.54, 1.807) is 42.1 Å². The quantitative estimate of drug-likeness (QED) is 0.776. The molecule has 0 radical (unpaired) electrons. The number of benzene rings is 2. The van der Waals surface area contributed by atoms with Crippen molar-refractivity contribution in [3.05, 3.63) is 77.4 Å². The number of carbonyl (C=O) groups is 2. The molecule has 5 heteroatoms. The van der Waals surface area contributed by atoms with E-state index in [0.717, 1.165) is 28.0 Å². The molecule has 0 fully saturated rings. The number of aryl methyl sites for hydroxylation is 1. The number of hydrogen-bond donors (Lipinski definition) is 2. The van der Waals surface area contributed by atoms with Gasteiger partial charge in [-0.15, -0.1) is 11.8 Å². The number of carboxylic acids is 2. The summed E-state index contributed by atoms with van der Waals surface area (Å²) in [5, 5.41) is 18.9. The van der Waals surface area contributed by atoms with Crippen LogP contribution in [-0.4, -0.2) is 27.4 Å². The van der Waals surface area contributed by atoms with Gasteiger partial charge in [0.2, 0.25) is 0 Å². The molecule has 3 rings (SSSR count). The van der Waals surface area contributed by atoms with Gasteiger partial charge < -0.3 is 10.2 Å².